The van der Waals surface area contributed by atoms with E-state index in [-0.39, 0.29) is 29.8 Å². The molecule has 0 aromatic rings. The predicted molar refractivity (Wildman–Crippen MR) is 69.7 cm³/mol. The Hall–Kier alpha value is -0.280. The summed E-state index contributed by atoms with van der Waals surface area (Å²) in [7, 11) is 0. The molecule has 1 saturated heterocycles. The van der Waals surface area contributed by atoms with E-state index in [0.29, 0.717) is 0 Å². The molecular weight excluding hydrogens is 224 g/mol. The summed E-state index contributed by atoms with van der Waals surface area (Å²) in [5.74, 6) is 0.129. The molecule has 16 heavy (non-hydrogen) atoms. The van der Waals surface area contributed by atoms with Crippen LogP contribution >= 0.6 is 12.4 Å². The number of hydrogen-bond acceptors (Lipinski definition) is 2. The van der Waals surface area contributed by atoms with Crippen molar-refractivity contribution in [3.05, 3.63) is 0 Å². The number of nitrogens with zero attached hydrogens (tertiary/aromatic N) is 1. The lowest BCUT2D eigenvalue weighted by Crippen LogP contribution is -2.50. The van der Waals surface area contributed by atoms with Crippen LogP contribution in [0.3, 0.4) is 0 Å². The topological polar surface area (TPSA) is 46.3 Å². The van der Waals surface area contributed by atoms with Gasteiger partial charge >= 0.3 is 0 Å². The van der Waals surface area contributed by atoms with Gasteiger partial charge in [0.1, 0.15) is 0 Å². The molecule has 0 aromatic heterocycles. The van der Waals surface area contributed by atoms with Gasteiger partial charge in [0.15, 0.2) is 0 Å². The molecule has 4 heteroatoms. The van der Waals surface area contributed by atoms with Crippen LogP contribution in [0.5, 0.6) is 0 Å². The van der Waals surface area contributed by atoms with Gasteiger partial charge in [0.25, 0.3) is 0 Å². The Morgan fingerprint density at radius 1 is 1.12 bits per heavy atom. The van der Waals surface area contributed by atoms with Gasteiger partial charge in [0, 0.05) is 13.1 Å². The van der Waals surface area contributed by atoms with E-state index in [1.165, 1.54) is 12.8 Å². The van der Waals surface area contributed by atoms with Gasteiger partial charge in [0.05, 0.1) is 6.04 Å². The molecule has 1 aliphatic heterocycles. The third-order valence-electron chi connectivity index (χ3n) is 3.12. The summed E-state index contributed by atoms with van der Waals surface area (Å²) in [4.78, 5) is 14.0. The van der Waals surface area contributed by atoms with E-state index in [0.717, 1.165) is 25.9 Å². The molecule has 0 bridgehead atoms. The molecule has 1 amide bonds. The molecule has 1 heterocycles. The van der Waals surface area contributed by atoms with E-state index in [9.17, 15) is 4.79 Å². The molecule has 2 N–H and O–H groups in total. The second-order valence-corrected chi connectivity index (χ2v) is 5.58. The smallest absolute Gasteiger partial charge is 0.240 e. The lowest BCUT2D eigenvalue weighted by atomic mass is 9.86. The first kappa shape index (κ1) is 15.7. The van der Waals surface area contributed by atoms with Crippen molar-refractivity contribution in [2.45, 2.75) is 52.5 Å². The average molecular weight is 249 g/mol. The fraction of sp³-hybridized carbons (Fsp3) is 0.917. The lowest BCUT2D eigenvalue weighted by Gasteiger charge is -2.31. The van der Waals surface area contributed by atoms with Crippen molar-refractivity contribution < 1.29 is 4.79 Å². The first-order valence-corrected chi connectivity index (χ1v) is 5.97. The summed E-state index contributed by atoms with van der Waals surface area (Å²) in [6.07, 6.45) is 4.74. The Morgan fingerprint density at radius 2 is 1.56 bits per heavy atom. The van der Waals surface area contributed by atoms with Crippen molar-refractivity contribution in [3.8, 4) is 0 Å². The monoisotopic (exact) mass is 248 g/mol. The zero-order valence-corrected chi connectivity index (χ0v) is 11.5. The van der Waals surface area contributed by atoms with E-state index >= 15 is 0 Å². The Balaban J connectivity index is 0.00000225. The maximum Gasteiger partial charge on any atom is 0.240 e. The summed E-state index contributed by atoms with van der Waals surface area (Å²) in [6, 6.07) is -0.365. The summed E-state index contributed by atoms with van der Waals surface area (Å²) in [5, 5.41) is 0. The SMILES string of the molecule is CC(C)(C)[C@H](N)C(=O)N1CCCCCC1.Cl. The zero-order valence-electron chi connectivity index (χ0n) is 10.7. The first-order valence-electron chi connectivity index (χ1n) is 5.97. The molecule has 0 saturated carbocycles. The van der Waals surface area contributed by atoms with Crippen LogP contribution in [0.15, 0.2) is 0 Å². The van der Waals surface area contributed by atoms with Gasteiger partial charge in [-0.2, -0.15) is 0 Å². The van der Waals surface area contributed by atoms with E-state index < -0.39 is 0 Å². The molecule has 1 rings (SSSR count). The van der Waals surface area contributed by atoms with Gasteiger partial charge in [-0.05, 0) is 18.3 Å². The van der Waals surface area contributed by atoms with Crippen molar-refractivity contribution in [1.29, 1.82) is 0 Å². The highest BCUT2D eigenvalue weighted by molar-refractivity contribution is 5.85. The van der Waals surface area contributed by atoms with Crippen molar-refractivity contribution in [1.82, 2.24) is 4.90 Å². The maximum atomic E-state index is 12.1. The molecule has 0 aliphatic carbocycles. The van der Waals surface area contributed by atoms with E-state index in [4.69, 9.17) is 5.73 Å². The number of likely N-dealkylation sites (tertiary alicyclic amines) is 1. The summed E-state index contributed by atoms with van der Waals surface area (Å²) >= 11 is 0. The van der Waals surface area contributed by atoms with Gasteiger partial charge in [0.2, 0.25) is 5.91 Å². The molecule has 1 atom stereocenters. The molecule has 0 aromatic carbocycles. The molecule has 1 aliphatic rings. The predicted octanol–water partition coefficient (Wildman–Crippen LogP) is 2.18. The van der Waals surface area contributed by atoms with Crippen molar-refractivity contribution >= 4 is 18.3 Å². The minimum atomic E-state index is -0.365. The minimum absolute atomic E-state index is 0. The molecule has 96 valence electrons. The molecule has 1 fully saturated rings. The fourth-order valence-electron chi connectivity index (χ4n) is 1.86. The third kappa shape index (κ3) is 4.30. The number of amides is 1. The molecule has 0 radical (unpaired) electrons. The van der Waals surface area contributed by atoms with Gasteiger partial charge < -0.3 is 10.6 Å². The number of halogens is 1. The summed E-state index contributed by atoms with van der Waals surface area (Å²) in [5.41, 5.74) is 5.85. The Kier molecular flexibility index (Phi) is 6.34. The van der Waals surface area contributed by atoms with Crippen LogP contribution in [0, 0.1) is 5.41 Å². The number of nitrogens with two attached hydrogens (primary N) is 1. The van der Waals surface area contributed by atoms with Crippen LogP contribution in [0.4, 0.5) is 0 Å². The van der Waals surface area contributed by atoms with Crippen LogP contribution in [-0.4, -0.2) is 29.9 Å². The van der Waals surface area contributed by atoms with Gasteiger partial charge in [-0.15, -0.1) is 12.4 Å². The Labute approximate surface area is 105 Å². The zero-order chi connectivity index (χ0) is 11.5. The first-order chi connectivity index (χ1) is 6.93. The van der Waals surface area contributed by atoms with Crippen LogP contribution in [0.25, 0.3) is 0 Å². The normalized spacial score (nSPS) is 19.6. The Bertz CT molecular complexity index is 218. The van der Waals surface area contributed by atoms with E-state index in [1.807, 2.05) is 25.7 Å². The number of hydrogen-bond donors (Lipinski definition) is 1. The quantitative estimate of drug-likeness (QED) is 0.773. The third-order valence-corrected chi connectivity index (χ3v) is 3.12. The van der Waals surface area contributed by atoms with E-state index in [1.54, 1.807) is 0 Å². The van der Waals surface area contributed by atoms with Gasteiger partial charge in [-0.1, -0.05) is 33.6 Å². The van der Waals surface area contributed by atoms with Crippen molar-refractivity contribution in [3.63, 3.8) is 0 Å². The van der Waals surface area contributed by atoms with E-state index in [2.05, 4.69) is 0 Å². The molecule has 3 nitrogen and oxygen atoms in total. The Morgan fingerprint density at radius 3 is 1.94 bits per heavy atom. The number of carbonyl (C=O) groups excluding carboxylic acids is 1. The number of carbonyl (C=O) groups is 1. The number of rotatable bonds is 1. The molecular formula is C12H25ClN2O. The van der Waals surface area contributed by atoms with Crippen LogP contribution < -0.4 is 5.73 Å². The summed E-state index contributed by atoms with van der Waals surface area (Å²) in [6.45, 7) is 7.85. The average Bonchev–Trinajstić information content (AvgIpc) is 2.42. The molecule has 0 unspecified atom stereocenters. The van der Waals surface area contributed by atoms with Crippen LogP contribution in [0.2, 0.25) is 0 Å². The highest BCUT2D eigenvalue weighted by atomic mass is 35.5. The standard InChI is InChI=1S/C12H24N2O.ClH/c1-12(2,3)10(13)11(15)14-8-6-4-5-7-9-14;/h10H,4-9,13H2,1-3H3;1H/t10-;/m1./s1. The highest BCUT2D eigenvalue weighted by Gasteiger charge is 2.30. The molecule has 0 spiro atoms. The van der Waals surface area contributed by atoms with Crippen LogP contribution in [-0.2, 0) is 4.79 Å². The second-order valence-electron chi connectivity index (χ2n) is 5.58. The van der Waals surface area contributed by atoms with Gasteiger partial charge in [-0.25, -0.2) is 0 Å². The lowest BCUT2D eigenvalue weighted by molar-refractivity contribution is -0.134. The largest absolute Gasteiger partial charge is 0.341 e. The highest BCUT2D eigenvalue weighted by Crippen LogP contribution is 2.20. The van der Waals surface area contributed by atoms with Crippen molar-refractivity contribution in [2.24, 2.45) is 11.1 Å². The minimum Gasteiger partial charge on any atom is -0.341 e. The van der Waals surface area contributed by atoms with Crippen LogP contribution in [0.1, 0.15) is 46.5 Å². The summed E-state index contributed by atoms with van der Waals surface area (Å²) < 4.78 is 0. The second kappa shape index (κ2) is 6.45. The van der Waals surface area contributed by atoms with Gasteiger partial charge in [-0.3, -0.25) is 4.79 Å². The maximum absolute atomic E-state index is 12.1. The fourth-order valence-corrected chi connectivity index (χ4v) is 1.86. The van der Waals surface area contributed by atoms with Crippen molar-refractivity contribution in [2.75, 3.05) is 13.1 Å².